The van der Waals surface area contributed by atoms with E-state index < -0.39 is 62.6 Å². The van der Waals surface area contributed by atoms with Gasteiger partial charge in [0, 0.05) is 0 Å². The van der Waals surface area contributed by atoms with Gasteiger partial charge in [-0.2, -0.15) is 0 Å². The van der Waals surface area contributed by atoms with Gasteiger partial charge in [-0.3, -0.25) is 0 Å². The summed E-state index contributed by atoms with van der Waals surface area (Å²) in [4.78, 5) is 0. The van der Waals surface area contributed by atoms with Crippen molar-refractivity contribution in [1.82, 2.24) is 0 Å². The van der Waals surface area contributed by atoms with Crippen LogP contribution >= 0.6 is 0 Å². The Kier molecular flexibility index (Phi) is 37.4. The summed E-state index contributed by atoms with van der Waals surface area (Å²) in [5, 5.41) is 7.75. The first-order chi connectivity index (χ1) is 39.6. The Labute approximate surface area is 532 Å². The number of rotatable bonds is 48. The topological polar surface area (TPSA) is 0 Å². The van der Waals surface area contributed by atoms with Crippen molar-refractivity contribution >= 4 is 48.4 Å². The first-order valence-electron chi connectivity index (χ1n) is 39.3. The molecule has 3 aliphatic carbocycles. The van der Waals surface area contributed by atoms with E-state index in [1.54, 1.807) is 186 Å². The quantitative estimate of drug-likeness (QED) is 0.0533. The predicted molar refractivity (Wildman–Crippen MR) is 395 cm³/mol. The van der Waals surface area contributed by atoms with E-state index in [4.69, 9.17) is 0 Å². The van der Waals surface area contributed by atoms with Gasteiger partial charge in [-0.15, -0.1) is 0 Å². The van der Waals surface area contributed by atoms with Gasteiger partial charge in [0.15, 0.2) is 0 Å². The fraction of sp³-hybridized carbons (Fsp3) is 1.00. The Morgan fingerprint density at radius 1 is 0.232 bits per heavy atom. The molecule has 0 bridgehead atoms. The molecule has 3 saturated carbocycles. The molecule has 82 heavy (non-hydrogen) atoms. The maximum absolute atomic E-state index is 2.74. The van der Waals surface area contributed by atoms with E-state index in [9.17, 15) is 0 Å². The molecule has 489 valence electrons. The van der Waals surface area contributed by atoms with Gasteiger partial charge in [-0.1, -0.05) is 0 Å². The molecule has 0 nitrogen and oxygen atoms in total. The Morgan fingerprint density at radius 2 is 0.390 bits per heavy atom. The molecule has 0 amide bonds. The molecule has 3 rings (SSSR count). The van der Waals surface area contributed by atoms with Crippen LogP contribution in [0.15, 0.2) is 0 Å². The molecule has 0 N–H and O–H groups in total. The van der Waals surface area contributed by atoms with E-state index in [1.165, 1.54) is 116 Å². The fourth-order valence-electron chi connectivity index (χ4n) is 25.4. The van der Waals surface area contributed by atoms with E-state index in [-0.39, 0.29) is 0 Å². The second-order valence-corrected chi connectivity index (χ2v) is 64.5. The zero-order valence-electron chi connectivity index (χ0n) is 60.7. The average molecular weight is 1280 g/mol. The molecule has 0 saturated heterocycles. The fourth-order valence-corrected chi connectivity index (χ4v) is 86.0. The SMILES string of the molecule is CCC[Si](CCC)(CCC)C1CCCCC1([CH2][Cr]([CH2]C1([Si](CCC)(CCC)CCC)CCCCC1[Si](CCC)(CCC)CCC)[CH2]C1([Si](CCC)(CCC)CCC)CCCCC1[Si](CCC)(CCC)CCC)[Si](CCC)(CCC)CCC. The normalized spacial score (nSPS) is 24.7. The minimum absolute atomic E-state index is 0.699. The second kappa shape index (κ2) is 39.3. The summed E-state index contributed by atoms with van der Waals surface area (Å²) < 4.78 is 0. The van der Waals surface area contributed by atoms with Gasteiger partial charge in [0.05, 0.1) is 0 Å². The van der Waals surface area contributed by atoms with Crippen molar-refractivity contribution in [2.75, 3.05) is 0 Å². The van der Waals surface area contributed by atoms with Crippen molar-refractivity contribution in [3.8, 4) is 0 Å². The van der Waals surface area contributed by atoms with Crippen LogP contribution in [0.5, 0.6) is 0 Å². The van der Waals surface area contributed by atoms with Crippen LogP contribution in [0.1, 0.15) is 317 Å². The van der Waals surface area contributed by atoms with Crippen molar-refractivity contribution in [2.45, 2.75) is 474 Å². The van der Waals surface area contributed by atoms with Crippen molar-refractivity contribution in [1.29, 1.82) is 0 Å². The second-order valence-electron chi connectivity index (χ2n) is 31.3. The summed E-state index contributed by atoms with van der Waals surface area (Å²) in [6.45, 7) is 48.9. The van der Waals surface area contributed by atoms with Crippen LogP contribution in [0.2, 0.25) is 156 Å². The predicted octanol–water partition coefficient (Wildman–Crippen LogP) is 30.0. The monoisotopic (exact) mass is 1280 g/mol. The van der Waals surface area contributed by atoms with Crippen LogP contribution in [-0.2, 0) is 14.1 Å². The summed E-state index contributed by atoms with van der Waals surface area (Å²) in [6, 6.07) is 30.3. The van der Waals surface area contributed by atoms with Crippen molar-refractivity contribution in [3.05, 3.63) is 0 Å². The summed E-state index contributed by atoms with van der Waals surface area (Å²) in [5.74, 6) is 0. The van der Waals surface area contributed by atoms with Crippen molar-refractivity contribution in [3.63, 3.8) is 0 Å². The van der Waals surface area contributed by atoms with E-state index in [0.29, 0.717) is 15.1 Å². The molecule has 0 aliphatic heterocycles. The molecule has 0 aromatic carbocycles. The first-order valence-corrected chi connectivity index (χ1v) is 58.0. The van der Waals surface area contributed by atoms with Crippen LogP contribution in [0, 0.1) is 0 Å². The molecule has 6 unspecified atom stereocenters. The van der Waals surface area contributed by atoms with Crippen LogP contribution in [0.4, 0.5) is 0 Å². The van der Waals surface area contributed by atoms with Gasteiger partial charge < -0.3 is 0 Å². The molecule has 0 heterocycles. The molecule has 0 aromatic heterocycles. The molecule has 0 aromatic rings. The Bertz CT molecular complexity index is 1350. The molecule has 3 aliphatic rings. The van der Waals surface area contributed by atoms with Gasteiger partial charge in [0.1, 0.15) is 0 Å². The summed E-state index contributed by atoms with van der Waals surface area (Å²) in [6.07, 6.45) is 46.5. The van der Waals surface area contributed by atoms with Gasteiger partial charge in [-0.05, 0) is 0 Å². The summed E-state index contributed by atoms with van der Waals surface area (Å²) in [5.41, 5.74) is 3.38. The van der Waals surface area contributed by atoms with Crippen LogP contribution in [0.25, 0.3) is 0 Å². The van der Waals surface area contributed by atoms with Gasteiger partial charge in [-0.25, -0.2) is 0 Å². The van der Waals surface area contributed by atoms with Gasteiger partial charge in [0.25, 0.3) is 0 Å². The summed E-state index contributed by atoms with van der Waals surface area (Å²) >= 11 is -1.27. The van der Waals surface area contributed by atoms with Crippen LogP contribution < -0.4 is 0 Å². The van der Waals surface area contributed by atoms with E-state index in [0.717, 1.165) is 16.6 Å². The molecular formula is C75H159CrSi6. The number of hydrogen-bond donors (Lipinski definition) is 0. The van der Waals surface area contributed by atoms with Gasteiger partial charge in [0.2, 0.25) is 0 Å². The zero-order chi connectivity index (χ0) is 60.9. The first kappa shape index (κ1) is 78.1. The Morgan fingerprint density at radius 3 is 0.537 bits per heavy atom. The third-order valence-electron chi connectivity index (χ3n) is 26.2. The summed E-state index contributed by atoms with van der Waals surface area (Å²) in [7, 11) is -10.4. The maximum atomic E-state index is 2.74. The Balaban J connectivity index is 3.04. The molecule has 3 fully saturated rings. The van der Waals surface area contributed by atoms with E-state index in [2.05, 4.69) is 125 Å². The minimum atomic E-state index is -1.81. The standard InChI is InChI=1S/3C25H53Si2.Cr/c3*1-8-18-26(19-9-2,20-10-3)24-16-14-15-17-25(24,7)27(21-11-4,22-12-5)23-13-6;/h3*24H,7-23H2,1-6H3;. The molecule has 0 spiro atoms. The van der Waals surface area contributed by atoms with Crippen LogP contribution in [-0.4, -0.2) is 48.4 Å². The molecule has 6 atom stereocenters. The van der Waals surface area contributed by atoms with Crippen LogP contribution in [0.3, 0.4) is 0 Å². The Hall–Kier alpha value is 1.83. The third kappa shape index (κ3) is 17.3. The van der Waals surface area contributed by atoms with Gasteiger partial charge >= 0.3 is 536 Å². The van der Waals surface area contributed by atoms with Crippen molar-refractivity contribution in [2.24, 2.45) is 0 Å². The number of hydrogen-bond acceptors (Lipinski definition) is 0. The third-order valence-corrected chi connectivity index (χ3v) is 74.8. The van der Waals surface area contributed by atoms with E-state index >= 15 is 0 Å². The molecular weight excluding hydrogens is 1120 g/mol. The molecule has 7 heteroatoms. The average Bonchev–Trinajstić information content (AvgIpc) is 3.60. The molecule has 0 radical (unpaired) electrons. The van der Waals surface area contributed by atoms with E-state index in [1.807, 2.05) is 15.8 Å². The van der Waals surface area contributed by atoms with Crippen molar-refractivity contribution < 1.29 is 14.1 Å². The zero-order valence-corrected chi connectivity index (χ0v) is 68.0.